The third-order valence-corrected chi connectivity index (χ3v) is 4.09. The van der Waals surface area contributed by atoms with Crippen LogP contribution in [0.5, 0.6) is 0 Å². The molecule has 0 bridgehead atoms. The normalized spacial score (nSPS) is 18.3. The van der Waals surface area contributed by atoms with Crippen molar-refractivity contribution >= 4 is 23.1 Å². The summed E-state index contributed by atoms with van der Waals surface area (Å²) >= 11 is 6.13. The number of hydrogen-bond donors (Lipinski definition) is 0. The fourth-order valence-corrected chi connectivity index (χ4v) is 2.84. The summed E-state index contributed by atoms with van der Waals surface area (Å²) in [6, 6.07) is 6.00. The Morgan fingerprint density at radius 1 is 1.25 bits per heavy atom. The second-order valence-electron chi connectivity index (χ2n) is 5.36. The van der Waals surface area contributed by atoms with Gasteiger partial charge in [0.15, 0.2) is 0 Å². The Kier molecular flexibility index (Phi) is 3.30. The molecule has 3 nitrogen and oxygen atoms in total. The summed E-state index contributed by atoms with van der Waals surface area (Å²) in [6.07, 6.45) is 4.25. The van der Waals surface area contributed by atoms with Crippen molar-refractivity contribution in [2.24, 2.45) is 4.99 Å². The van der Waals surface area contributed by atoms with Crippen molar-refractivity contribution in [1.82, 2.24) is 4.90 Å². The van der Waals surface area contributed by atoms with Crippen molar-refractivity contribution in [2.75, 3.05) is 25.5 Å². The first kappa shape index (κ1) is 13.3. The number of allylic oxidation sites excluding steroid dienone is 2. The predicted octanol–water partition coefficient (Wildman–Crippen LogP) is 3.46. The molecule has 2 heterocycles. The van der Waals surface area contributed by atoms with Gasteiger partial charge in [-0.15, -0.1) is 0 Å². The van der Waals surface area contributed by atoms with E-state index in [-0.39, 0.29) is 0 Å². The first-order chi connectivity index (χ1) is 9.56. The van der Waals surface area contributed by atoms with Gasteiger partial charge in [0.05, 0.1) is 6.54 Å². The minimum atomic E-state index is 0.719. The molecule has 104 valence electrons. The number of benzene rings is 1. The summed E-state index contributed by atoms with van der Waals surface area (Å²) < 4.78 is 0. The third kappa shape index (κ3) is 2.22. The number of fused-ring (bicyclic) bond motifs is 1. The molecule has 0 aromatic heterocycles. The average Bonchev–Trinajstić information content (AvgIpc) is 2.43. The highest BCUT2D eigenvalue weighted by atomic mass is 35.5. The van der Waals surface area contributed by atoms with E-state index in [0.29, 0.717) is 0 Å². The maximum Gasteiger partial charge on any atom is 0.133 e. The molecule has 0 unspecified atom stereocenters. The van der Waals surface area contributed by atoms with E-state index in [4.69, 9.17) is 16.6 Å². The molecule has 4 heteroatoms. The summed E-state index contributed by atoms with van der Waals surface area (Å²) in [4.78, 5) is 9.09. The molecule has 20 heavy (non-hydrogen) atoms. The van der Waals surface area contributed by atoms with Crippen molar-refractivity contribution in [3.05, 3.63) is 52.2 Å². The van der Waals surface area contributed by atoms with Crippen molar-refractivity contribution in [3.8, 4) is 0 Å². The summed E-state index contributed by atoms with van der Waals surface area (Å²) in [5.41, 5.74) is 4.93. The maximum atomic E-state index is 6.13. The Morgan fingerprint density at radius 2 is 2.05 bits per heavy atom. The van der Waals surface area contributed by atoms with Gasteiger partial charge in [0.2, 0.25) is 0 Å². The third-order valence-electron chi connectivity index (χ3n) is 3.86. The lowest BCUT2D eigenvalue weighted by Gasteiger charge is -2.32. The summed E-state index contributed by atoms with van der Waals surface area (Å²) in [6.45, 7) is 3.75. The lowest BCUT2D eigenvalue weighted by atomic mass is 10.0. The second kappa shape index (κ2) is 4.98. The van der Waals surface area contributed by atoms with Gasteiger partial charge in [-0.05, 0) is 42.5 Å². The fourth-order valence-electron chi connectivity index (χ4n) is 2.67. The SMILES string of the molecule is CC1=C(C2=NCc3ccc(Cl)cc3N2C)CN(C)C=C1. The van der Waals surface area contributed by atoms with E-state index in [9.17, 15) is 0 Å². The average molecular weight is 288 g/mol. The predicted molar refractivity (Wildman–Crippen MR) is 85.5 cm³/mol. The van der Waals surface area contributed by atoms with Crippen molar-refractivity contribution < 1.29 is 0 Å². The van der Waals surface area contributed by atoms with Crippen LogP contribution in [0.4, 0.5) is 5.69 Å². The highest BCUT2D eigenvalue weighted by molar-refractivity contribution is 6.31. The molecule has 1 aromatic rings. The molecule has 0 N–H and O–H groups in total. The summed E-state index contributed by atoms with van der Waals surface area (Å²) in [5, 5.41) is 0.767. The Morgan fingerprint density at radius 3 is 2.85 bits per heavy atom. The molecule has 0 aliphatic carbocycles. The molecule has 0 spiro atoms. The van der Waals surface area contributed by atoms with Crippen molar-refractivity contribution in [1.29, 1.82) is 0 Å². The standard InChI is InChI=1S/C16H18ClN3/c1-11-6-7-19(2)10-14(11)16-18-9-12-4-5-13(17)8-15(12)20(16)3/h4-8H,9-10H2,1-3H3. The molecule has 2 aliphatic rings. The number of amidine groups is 1. The van der Waals surface area contributed by atoms with Crippen LogP contribution in [0.3, 0.4) is 0 Å². The Bertz CT molecular complexity index is 643. The van der Waals surface area contributed by atoms with Gasteiger partial charge in [0.1, 0.15) is 5.84 Å². The van der Waals surface area contributed by atoms with Gasteiger partial charge < -0.3 is 9.80 Å². The topological polar surface area (TPSA) is 18.8 Å². The van der Waals surface area contributed by atoms with Crippen molar-refractivity contribution in [2.45, 2.75) is 13.5 Å². The highest BCUT2D eigenvalue weighted by Gasteiger charge is 2.23. The summed E-state index contributed by atoms with van der Waals surface area (Å²) in [5.74, 6) is 1.05. The van der Waals surface area contributed by atoms with Gasteiger partial charge in [0, 0.05) is 36.9 Å². The monoisotopic (exact) mass is 287 g/mol. The van der Waals surface area contributed by atoms with Crippen LogP contribution in [0.2, 0.25) is 5.02 Å². The van der Waals surface area contributed by atoms with Crippen LogP contribution in [0.1, 0.15) is 12.5 Å². The first-order valence-corrected chi connectivity index (χ1v) is 7.09. The van der Waals surface area contributed by atoms with Gasteiger partial charge in [-0.2, -0.15) is 0 Å². The molecule has 2 aliphatic heterocycles. The molecular weight excluding hydrogens is 270 g/mol. The molecule has 0 saturated heterocycles. The van der Waals surface area contributed by atoms with Gasteiger partial charge in [-0.1, -0.05) is 17.7 Å². The number of aliphatic imine (C=N–C) groups is 1. The van der Waals surface area contributed by atoms with Crippen LogP contribution in [0.15, 0.2) is 46.6 Å². The van der Waals surface area contributed by atoms with Gasteiger partial charge >= 0.3 is 0 Å². The molecule has 0 saturated carbocycles. The largest absolute Gasteiger partial charge is 0.376 e. The zero-order valence-corrected chi connectivity index (χ0v) is 12.8. The van der Waals surface area contributed by atoms with E-state index in [2.05, 4.69) is 49.2 Å². The smallest absolute Gasteiger partial charge is 0.133 e. The van der Waals surface area contributed by atoms with E-state index >= 15 is 0 Å². The van der Waals surface area contributed by atoms with E-state index in [0.717, 1.165) is 29.6 Å². The van der Waals surface area contributed by atoms with Crippen LogP contribution >= 0.6 is 11.6 Å². The lowest BCUT2D eigenvalue weighted by molar-refractivity contribution is 0.494. The molecule has 3 rings (SSSR count). The van der Waals surface area contributed by atoms with E-state index in [1.807, 2.05) is 12.1 Å². The van der Waals surface area contributed by atoms with E-state index in [1.165, 1.54) is 16.7 Å². The zero-order chi connectivity index (χ0) is 14.3. The number of rotatable bonds is 1. The maximum absolute atomic E-state index is 6.13. The van der Waals surface area contributed by atoms with Crippen LogP contribution in [0, 0.1) is 0 Å². The molecule has 0 fully saturated rings. The molecule has 1 aromatic carbocycles. The van der Waals surface area contributed by atoms with Crippen LogP contribution in [0.25, 0.3) is 0 Å². The molecule has 0 amide bonds. The van der Waals surface area contributed by atoms with E-state index < -0.39 is 0 Å². The van der Waals surface area contributed by atoms with Crippen molar-refractivity contribution in [3.63, 3.8) is 0 Å². The van der Waals surface area contributed by atoms with E-state index in [1.54, 1.807) is 0 Å². The van der Waals surface area contributed by atoms with Gasteiger partial charge in [-0.25, -0.2) is 0 Å². The Balaban J connectivity index is 2.01. The van der Waals surface area contributed by atoms with Gasteiger partial charge in [0.25, 0.3) is 0 Å². The number of anilines is 1. The quantitative estimate of drug-likeness (QED) is 0.788. The number of likely N-dealkylation sites (N-methyl/N-ethyl adjacent to an activating group) is 2. The van der Waals surface area contributed by atoms with Crippen LogP contribution in [-0.4, -0.2) is 31.4 Å². The first-order valence-electron chi connectivity index (χ1n) is 6.71. The molecule has 0 atom stereocenters. The number of halogens is 1. The Labute approximate surface area is 124 Å². The second-order valence-corrected chi connectivity index (χ2v) is 5.80. The fraction of sp³-hybridized carbons (Fsp3) is 0.312. The minimum absolute atomic E-state index is 0.719. The van der Waals surface area contributed by atoms with Crippen LogP contribution < -0.4 is 4.90 Å². The van der Waals surface area contributed by atoms with Gasteiger partial charge in [-0.3, -0.25) is 4.99 Å². The molecule has 0 radical (unpaired) electrons. The zero-order valence-electron chi connectivity index (χ0n) is 12.0. The van der Waals surface area contributed by atoms with Crippen LogP contribution in [-0.2, 0) is 6.54 Å². The summed E-state index contributed by atoms with van der Waals surface area (Å²) in [7, 11) is 4.14. The number of nitrogens with zero attached hydrogens (tertiary/aromatic N) is 3. The number of hydrogen-bond acceptors (Lipinski definition) is 3. The Hall–Kier alpha value is -1.74. The molecular formula is C16H18ClN3. The lowest BCUT2D eigenvalue weighted by Crippen LogP contribution is -2.36. The minimum Gasteiger partial charge on any atom is -0.376 e. The highest BCUT2D eigenvalue weighted by Crippen LogP contribution is 2.31.